The van der Waals surface area contributed by atoms with Gasteiger partial charge in [-0.2, -0.15) is 0 Å². The second-order valence-electron chi connectivity index (χ2n) is 5.52. The molecular weight excluding hydrogens is 308 g/mol. The van der Waals surface area contributed by atoms with E-state index in [2.05, 4.69) is 29.4 Å². The van der Waals surface area contributed by atoms with E-state index in [1.165, 1.54) is 0 Å². The van der Waals surface area contributed by atoms with E-state index < -0.39 is 0 Å². The third-order valence-electron chi connectivity index (χ3n) is 3.38. The Morgan fingerprint density at radius 3 is 2.62 bits per heavy atom. The maximum absolute atomic E-state index is 11.9. The van der Waals surface area contributed by atoms with Crippen LogP contribution in [0.5, 0.6) is 11.5 Å². The quantitative estimate of drug-likeness (QED) is 0.760. The van der Waals surface area contributed by atoms with Gasteiger partial charge in [0.25, 0.3) is 5.91 Å². The molecule has 0 fully saturated rings. The van der Waals surface area contributed by atoms with E-state index in [4.69, 9.17) is 9.47 Å². The molecule has 0 aliphatic rings. The summed E-state index contributed by atoms with van der Waals surface area (Å²) in [5.74, 6) is 1.87. The number of carbonyl (C=O) groups excluding carboxylic acids is 1. The fourth-order valence-corrected chi connectivity index (χ4v) is 2.23. The first-order valence-corrected chi connectivity index (χ1v) is 8.11. The fourth-order valence-electron chi connectivity index (χ4n) is 2.23. The second-order valence-corrected chi connectivity index (χ2v) is 5.52. The van der Waals surface area contributed by atoms with Crippen molar-refractivity contribution >= 4 is 5.91 Å². The number of benzene rings is 1. The number of carbonyl (C=O) groups is 1. The van der Waals surface area contributed by atoms with Crippen LogP contribution in [-0.2, 0) is 11.2 Å². The number of para-hydroxylation sites is 2. The summed E-state index contributed by atoms with van der Waals surface area (Å²) in [7, 11) is 0. The summed E-state index contributed by atoms with van der Waals surface area (Å²) in [4.78, 5) is 11.9. The van der Waals surface area contributed by atoms with Gasteiger partial charge in [-0.25, -0.2) is 0 Å². The van der Waals surface area contributed by atoms with E-state index in [0.29, 0.717) is 37.1 Å². The molecule has 0 unspecified atom stereocenters. The highest BCUT2D eigenvalue weighted by Gasteiger charge is 2.09. The normalized spacial score (nSPS) is 10.7. The zero-order valence-corrected chi connectivity index (χ0v) is 14.4. The molecule has 1 aromatic heterocycles. The predicted molar refractivity (Wildman–Crippen MR) is 90.2 cm³/mol. The minimum atomic E-state index is -0.183. The average Bonchev–Trinajstić information content (AvgIpc) is 3.03. The van der Waals surface area contributed by atoms with Crippen LogP contribution in [0.4, 0.5) is 0 Å². The van der Waals surface area contributed by atoms with Crippen molar-refractivity contribution in [3.63, 3.8) is 0 Å². The molecule has 0 atom stereocenters. The fraction of sp³-hybridized carbons (Fsp3) is 0.471. The van der Waals surface area contributed by atoms with Crippen molar-refractivity contribution in [3.05, 3.63) is 36.4 Å². The third-order valence-corrected chi connectivity index (χ3v) is 3.38. The number of aromatic nitrogens is 3. The molecule has 2 aromatic rings. The van der Waals surface area contributed by atoms with Crippen molar-refractivity contribution in [1.82, 2.24) is 20.1 Å². The maximum atomic E-state index is 11.9. The molecular formula is C17H24N4O3. The minimum absolute atomic E-state index is 0.0546. The molecule has 0 bridgehead atoms. The Labute approximate surface area is 142 Å². The molecule has 0 radical (unpaired) electrons. The first-order valence-electron chi connectivity index (χ1n) is 8.11. The molecule has 0 saturated carbocycles. The van der Waals surface area contributed by atoms with E-state index in [0.717, 1.165) is 5.82 Å². The summed E-state index contributed by atoms with van der Waals surface area (Å²) in [5.41, 5.74) is 0. The lowest BCUT2D eigenvalue weighted by atomic mass is 10.3. The lowest BCUT2D eigenvalue weighted by molar-refractivity contribution is -0.123. The zero-order chi connectivity index (χ0) is 17.4. The largest absolute Gasteiger partial charge is 0.490 e. The van der Waals surface area contributed by atoms with Gasteiger partial charge in [0, 0.05) is 19.0 Å². The first-order chi connectivity index (χ1) is 11.6. The molecule has 2 rings (SSSR count). The van der Waals surface area contributed by atoms with Gasteiger partial charge in [-0.15, -0.1) is 10.2 Å². The number of nitrogens with zero attached hydrogens (tertiary/aromatic N) is 3. The lowest BCUT2D eigenvalue weighted by Crippen LogP contribution is -2.31. The number of amides is 1. The monoisotopic (exact) mass is 332 g/mol. The molecule has 7 heteroatoms. The Morgan fingerprint density at radius 2 is 1.96 bits per heavy atom. The van der Waals surface area contributed by atoms with Gasteiger partial charge in [-0.3, -0.25) is 4.79 Å². The topological polar surface area (TPSA) is 78.3 Å². The van der Waals surface area contributed by atoms with Gasteiger partial charge in [0.05, 0.1) is 6.61 Å². The van der Waals surface area contributed by atoms with Gasteiger partial charge < -0.3 is 19.4 Å². The number of nitrogens with one attached hydrogen (secondary N) is 1. The molecule has 0 aliphatic carbocycles. The molecule has 0 aliphatic heterocycles. The highest BCUT2D eigenvalue weighted by atomic mass is 16.5. The predicted octanol–water partition coefficient (Wildman–Crippen LogP) is 2.00. The number of hydrogen-bond acceptors (Lipinski definition) is 5. The van der Waals surface area contributed by atoms with Crippen LogP contribution in [-0.4, -0.2) is 40.4 Å². The Morgan fingerprint density at radius 1 is 1.25 bits per heavy atom. The van der Waals surface area contributed by atoms with Crippen LogP contribution >= 0.6 is 0 Å². The van der Waals surface area contributed by atoms with Gasteiger partial charge in [0.15, 0.2) is 18.1 Å². The van der Waals surface area contributed by atoms with Crippen molar-refractivity contribution in [2.45, 2.75) is 33.2 Å². The molecule has 1 aromatic carbocycles. The number of rotatable bonds is 9. The molecule has 1 heterocycles. The van der Waals surface area contributed by atoms with Crippen molar-refractivity contribution in [1.29, 1.82) is 0 Å². The van der Waals surface area contributed by atoms with E-state index >= 15 is 0 Å². The number of ether oxygens (including phenoxy) is 2. The molecule has 1 amide bonds. The van der Waals surface area contributed by atoms with Gasteiger partial charge in [0.1, 0.15) is 12.2 Å². The molecule has 0 saturated heterocycles. The zero-order valence-electron chi connectivity index (χ0n) is 14.4. The van der Waals surface area contributed by atoms with Crippen LogP contribution in [0.15, 0.2) is 30.6 Å². The highest BCUT2D eigenvalue weighted by molar-refractivity contribution is 5.77. The van der Waals surface area contributed by atoms with Crippen LogP contribution in [0.3, 0.4) is 0 Å². The van der Waals surface area contributed by atoms with Crippen LogP contribution in [0.2, 0.25) is 0 Å². The van der Waals surface area contributed by atoms with E-state index in [9.17, 15) is 4.79 Å². The Bertz CT molecular complexity index is 655. The summed E-state index contributed by atoms with van der Waals surface area (Å²) in [6.45, 7) is 7.01. The van der Waals surface area contributed by atoms with Crippen LogP contribution in [0.1, 0.15) is 32.6 Å². The molecule has 0 spiro atoms. The minimum Gasteiger partial charge on any atom is -0.490 e. The number of hydrogen-bond donors (Lipinski definition) is 1. The van der Waals surface area contributed by atoms with Crippen molar-refractivity contribution < 1.29 is 14.3 Å². The van der Waals surface area contributed by atoms with Crippen LogP contribution in [0.25, 0.3) is 0 Å². The lowest BCUT2D eigenvalue weighted by Gasteiger charge is -2.12. The van der Waals surface area contributed by atoms with Gasteiger partial charge in [0.2, 0.25) is 0 Å². The van der Waals surface area contributed by atoms with Crippen molar-refractivity contribution in [2.75, 3.05) is 19.8 Å². The summed E-state index contributed by atoms with van der Waals surface area (Å²) in [6, 6.07) is 7.60. The summed E-state index contributed by atoms with van der Waals surface area (Å²) >= 11 is 0. The molecule has 24 heavy (non-hydrogen) atoms. The first kappa shape index (κ1) is 17.8. The Hall–Kier alpha value is -2.57. The summed E-state index contributed by atoms with van der Waals surface area (Å²) in [5, 5.41) is 10.8. The molecule has 1 N–H and O–H groups in total. The third kappa shape index (κ3) is 4.97. The Balaban J connectivity index is 1.77. The SMILES string of the molecule is CCOc1ccccc1OCC(=O)NCCc1nncn1C(C)C. The van der Waals surface area contributed by atoms with Gasteiger partial charge in [-0.1, -0.05) is 12.1 Å². The Kier molecular flexibility index (Phi) is 6.60. The van der Waals surface area contributed by atoms with Crippen LogP contribution < -0.4 is 14.8 Å². The maximum Gasteiger partial charge on any atom is 0.257 e. The van der Waals surface area contributed by atoms with Crippen molar-refractivity contribution in [3.8, 4) is 11.5 Å². The standard InChI is InChI=1S/C17H24N4O3/c1-4-23-14-7-5-6-8-15(14)24-11-17(22)18-10-9-16-20-19-12-21(16)13(2)3/h5-8,12-13H,4,9-11H2,1-3H3,(H,18,22). The highest BCUT2D eigenvalue weighted by Crippen LogP contribution is 2.26. The summed E-state index contributed by atoms with van der Waals surface area (Å²) in [6.07, 6.45) is 2.33. The summed E-state index contributed by atoms with van der Waals surface area (Å²) < 4.78 is 13.0. The van der Waals surface area contributed by atoms with Gasteiger partial charge >= 0.3 is 0 Å². The molecule has 7 nitrogen and oxygen atoms in total. The second kappa shape index (κ2) is 8.90. The van der Waals surface area contributed by atoms with E-state index in [-0.39, 0.29) is 12.5 Å². The van der Waals surface area contributed by atoms with Gasteiger partial charge in [-0.05, 0) is 32.9 Å². The van der Waals surface area contributed by atoms with Crippen LogP contribution in [0, 0.1) is 0 Å². The average molecular weight is 332 g/mol. The van der Waals surface area contributed by atoms with E-state index in [1.54, 1.807) is 12.4 Å². The van der Waals surface area contributed by atoms with E-state index in [1.807, 2.05) is 29.7 Å². The van der Waals surface area contributed by atoms with Crippen molar-refractivity contribution in [2.24, 2.45) is 0 Å². The molecule has 130 valence electrons. The smallest absolute Gasteiger partial charge is 0.257 e.